The minimum atomic E-state index is -0.850. The normalized spacial score (nSPS) is 16.2. The minimum Gasteiger partial charge on any atom is -0.478 e. The Hall–Kier alpha value is -1.86. The maximum absolute atomic E-state index is 11.3. The maximum atomic E-state index is 11.3. The third-order valence-electron chi connectivity index (χ3n) is 4.93. The summed E-state index contributed by atoms with van der Waals surface area (Å²) in [5.41, 5.74) is 1.31. The molecule has 0 amide bonds. The van der Waals surface area contributed by atoms with Crippen molar-refractivity contribution in [3.05, 3.63) is 41.2 Å². The molecule has 1 aromatic carbocycles. The number of nitrogens with zero attached hydrogens (tertiary/aromatic N) is 4. The van der Waals surface area contributed by atoms with Gasteiger partial charge in [-0.1, -0.05) is 30.0 Å². The van der Waals surface area contributed by atoms with Crippen LogP contribution in [0.4, 0.5) is 0 Å². The highest BCUT2D eigenvalue weighted by molar-refractivity contribution is 7.98. The van der Waals surface area contributed by atoms with Crippen molar-refractivity contribution >= 4 is 17.7 Å². The third-order valence-corrected chi connectivity index (χ3v) is 5.65. The van der Waals surface area contributed by atoms with E-state index in [1.54, 1.807) is 23.9 Å². The van der Waals surface area contributed by atoms with Crippen molar-refractivity contribution in [3.63, 3.8) is 0 Å². The SMILES string of the molecule is CSc1nnc(CC2CCN(Cc3ccccc3C(=O)O)CC2)n1C. The molecule has 0 aliphatic carbocycles. The van der Waals surface area contributed by atoms with E-state index >= 15 is 0 Å². The van der Waals surface area contributed by atoms with Crippen molar-refractivity contribution in [2.45, 2.75) is 31.0 Å². The molecule has 2 aromatic rings. The fourth-order valence-electron chi connectivity index (χ4n) is 3.42. The smallest absolute Gasteiger partial charge is 0.336 e. The number of aromatic nitrogens is 3. The second-order valence-electron chi connectivity index (χ2n) is 6.55. The van der Waals surface area contributed by atoms with E-state index in [1.165, 1.54) is 0 Å². The largest absolute Gasteiger partial charge is 0.478 e. The number of carboxylic acids is 1. The lowest BCUT2D eigenvalue weighted by atomic mass is 9.92. The Balaban J connectivity index is 1.55. The number of thioether (sulfide) groups is 1. The molecule has 25 heavy (non-hydrogen) atoms. The number of aromatic carboxylic acids is 1. The number of piperidine rings is 1. The predicted octanol–water partition coefficient (Wildman–Crippen LogP) is 2.69. The van der Waals surface area contributed by atoms with Crippen molar-refractivity contribution in [2.75, 3.05) is 19.3 Å². The van der Waals surface area contributed by atoms with Crippen LogP contribution in [0.2, 0.25) is 0 Å². The van der Waals surface area contributed by atoms with E-state index in [0.29, 0.717) is 18.0 Å². The Morgan fingerprint density at radius 3 is 2.64 bits per heavy atom. The third kappa shape index (κ3) is 4.22. The Kier molecular flexibility index (Phi) is 5.75. The fourth-order valence-corrected chi connectivity index (χ4v) is 3.92. The van der Waals surface area contributed by atoms with Gasteiger partial charge < -0.3 is 9.67 Å². The summed E-state index contributed by atoms with van der Waals surface area (Å²) in [6, 6.07) is 7.29. The first kappa shape index (κ1) is 17.9. The molecule has 3 rings (SSSR count). The summed E-state index contributed by atoms with van der Waals surface area (Å²) in [6.07, 6.45) is 5.19. The highest BCUT2D eigenvalue weighted by Crippen LogP contribution is 2.24. The second-order valence-corrected chi connectivity index (χ2v) is 7.32. The summed E-state index contributed by atoms with van der Waals surface area (Å²) in [6.45, 7) is 2.69. The van der Waals surface area contributed by atoms with Crippen LogP contribution in [0.15, 0.2) is 29.4 Å². The standard InChI is InChI=1S/C18H24N4O2S/c1-21-16(19-20-18(21)25-2)11-13-7-9-22(10-8-13)12-14-5-3-4-6-15(14)17(23)24/h3-6,13H,7-12H2,1-2H3,(H,23,24). The molecule has 0 atom stereocenters. The molecule has 1 aromatic heterocycles. The summed E-state index contributed by atoms with van der Waals surface area (Å²) in [5, 5.41) is 18.8. The van der Waals surface area contributed by atoms with Crippen LogP contribution in [0.25, 0.3) is 0 Å². The van der Waals surface area contributed by atoms with Gasteiger partial charge in [0.05, 0.1) is 5.56 Å². The van der Waals surface area contributed by atoms with Gasteiger partial charge in [0, 0.05) is 20.0 Å². The minimum absolute atomic E-state index is 0.410. The molecule has 0 unspecified atom stereocenters. The van der Waals surface area contributed by atoms with E-state index < -0.39 is 5.97 Å². The van der Waals surface area contributed by atoms with E-state index in [4.69, 9.17) is 0 Å². The van der Waals surface area contributed by atoms with Crippen LogP contribution in [0.1, 0.15) is 34.6 Å². The van der Waals surface area contributed by atoms with Crippen molar-refractivity contribution in [3.8, 4) is 0 Å². The van der Waals surface area contributed by atoms with Crippen LogP contribution in [0.3, 0.4) is 0 Å². The Bertz CT molecular complexity index is 738. The lowest BCUT2D eigenvalue weighted by Gasteiger charge is -2.32. The Morgan fingerprint density at radius 1 is 1.28 bits per heavy atom. The lowest BCUT2D eigenvalue weighted by Crippen LogP contribution is -2.34. The Morgan fingerprint density at radius 2 is 2.00 bits per heavy atom. The molecule has 0 spiro atoms. The Labute approximate surface area is 152 Å². The maximum Gasteiger partial charge on any atom is 0.336 e. The van der Waals surface area contributed by atoms with Crippen molar-refractivity contribution in [1.82, 2.24) is 19.7 Å². The number of hydrogen-bond donors (Lipinski definition) is 1. The van der Waals surface area contributed by atoms with Gasteiger partial charge in [-0.3, -0.25) is 4.90 Å². The molecule has 1 fully saturated rings. The fraction of sp³-hybridized carbons (Fsp3) is 0.500. The second kappa shape index (κ2) is 8.01. The van der Waals surface area contributed by atoms with Gasteiger partial charge in [-0.05, 0) is 49.7 Å². The predicted molar refractivity (Wildman–Crippen MR) is 97.9 cm³/mol. The van der Waals surface area contributed by atoms with Crippen LogP contribution in [0, 0.1) is 5.92 Å². The van der Waals surface area contributed by atoms with Crippen molar-refractivity contribution < 1.29 is 9.90 Å². The molecule has 7 heteroatoms. The molecule has 2 heterocycles. The van der Waals surface area contributed by atoms with Gasteiger partial charge in [-0.2, -0.15) is 0 Å². The average Bonchev–Trinajstić information content (AvgIpc) is 2.97. The van der Waals surface area contributed by atoms with E-state index in [0.717, 1.165) is 48.9 Å². The molecular formula is C18H24N4O2S. The summed E-state index contributed by atoms with van der Waals surface area (Å²) in [7, 11) is 2.03. The van der Waals surface area contributed by atoms with Crippen LogP contribution in [-0.2, 0) is 20.0 Å². The molecule has 134 valence electrons. The quantitative estimate of drug-likeness (QED) is 0.799. The zero-order chi connectivity index (χ0) is 17.8. The number of likely N-dealkylation sites (tertiary alicyclic amines) is 1. The van der Waals surface area contributed by atoms with Crippen LogP contribution in [-0.4, -0.2) is 50.1 Å². The first-order valence-corrected chi connectivity index (χ1v) is 9.76. The van der Waals surface area contributed by atoms with E-state index in [-0.39, 0.29) is 0 Å². The first-order chi connectivity index (χ1) is 12.1. The molecule has 1 aliphatic rings. The van der Waals surface area contributed by atoms with Gasteiger partial charge >= 0.3 is 5.97 Å². The van der Waals surface area contributed by atoms with E-state index in [1.807, 2.05) is 25.4 Å². The first-order valence-electron chi connectivity index (χ1n) is 8.54. The number of benzene rings is 1. The van der Waals surface area contributed by atoms with Gasteiger partial charge in [-0.15, -0.1) is 10.2 Å². The van der Waals surface area contributed by atoms with Crippen molar-refractivity contribution in [2.24, 2.45) is 13.0 Å². The van der Waals surface area contributed by atoms with Gasteiger partial charge in [0.1, 0.15) is 5.82 Å². The zero-order valence-corrected chi connectivity index (χ0v) is 15.5. The average molecular weight is 360 g/mol. The molecule has 1 N–H and O–H groups in total. The van der Waals surface area contributed by atoms with Crippen LogP contribution < -0.4 is 0 Å². The van der Waals surface area contributed by atoms with Gasteiger partial charge in [0.25, 0.3) is 0 Å². The molecule has 0 radical (unpaired) electrons. The number of carboxylic acid groups (broad SMARTS) is 1. The van der Waals surface area contributed by atoms with E-state index in [2.05, 4.69) is 19.7 Å². The molecule has 1 saturated heterocycles. The lowest BCUT2D eigenvalue weighted by molar-refractivity contribution is 0.0693. The monoisotopic (exact) mass is 360 g/mol. The topological polar surface area (TPSA) is 71.2 Å². The number of carbonyl (C=O) groups is 1. The summed E-state index contributed by atoms with van der Waals surface area (Å²) in [5.74, 6) is 0.819. The zero-order valence-electron chi connectivity index (χ0n) is 14.7. The summed E-state index contributed by atoms with van der Waals surface area (Å²) in [4.78, 5) is 13.7. The highest BCUT2D eigenvalue weighted by atomic mass is 32.2. The highest BCUT2D eigenvalue weighted by Gasteiger charge is 2.22. The van der Waals surface area contributed by atoms with Crippen LogP contribution in [0.5, 0.6) is 0 Å². The summed E-state index contributed by atoms with van der Waals surface area (Å²) >= 11 is 1.62. The van der Waals surface area contributed by atoms with Gasteiger partial charge in [0.15, 0.2) is 5.16 Å². The molecule has 0 saturated carbocycles. The molecule has 0 bridgehead atoms. The summed E-state index contributed by atoms with van der Waals surface area (Å²) < 4.78 is 2.08. The molecule has 1 aliphatic heterocycles. The number of rotatable bonds is 6. The van der Waals surface area contributed by atoms with Gasteiger partial charge in [0.2, 0.25) is 0 Å². The number of hydrogen-bond acceptors (Lipinski definition) is 5. The van der Waals surface area contributed by atoms with Crippen LogP contribution >= 0.6 is 11.8 Å². The van der Waals surface area contributed by atoms with Gasteiger partial charge in [-0.25, -0.2) is 4.79 Å². The molecular weight excluding hydrogens is 336 g/mol. The molecule has 6 nitrogen and oxygen atoms in total. The van der Waals surface area contributed by atoms with Crippen molar-refractivity contribution in [1.29, 1.82) is 0 Å². The van der Waals surface area contributed by atoms with E-state index in [9.17, 15) is 9.90 Å².